The third kappa shape index (κ3) is 2.03. The molecule has 0 amide bonds. The zero-order chi connectivity index (χ0) is 8.43. The molecule has 60 valence electrons. The molecule has 0 atom stereocenters. The first kappa shape index (κ1) is 9.20. The van der Waals surface area contributed by atoms with Crippen LogP contribution in [-0.4, -0.2) is 0 Å². The summed E-state index contributed by atoms with van der Waals surface area (Å²) in [5.74, 6) is -0.120. The fourth-order valence-electron chi connectivity index (χ4n) is 0.892. The van der Waals surface area contributed by atoms with Gasteiger partial charge in [0, 0.05) is 9.80 Å². The predicted molar refractivity (Wildman–Crippen MR) is 51.5 cm³/mol. The van der Waals surface area contributed by atoms with Crippen molar-refractivity contribution in [3.8, 4) is 0 Å². The van der Waals surface area contributed by atoms with Gasteiger partial charge in [-0.25, -0.2) is 4.39 Å². The van der Waals surface area contributed by atoms with Gasteiger partial charge in [-0.05, 0) is 30.2 Å². The number of rotatable bonds is 1. The van der Waals surface area contributed by atoms with Gasteiger partial charge in [-0.2, -0.15) is 0 Å². The lowest BCUT2D eigenvalue weighted by molar-refractivity contribution is 0.608. The lowest BCUT2D eigenvalue weighted by Crippen LogP contribution is -1.89. The normalized spacial score (nSPS) is 10.2. The highest BCUT2D eigenvalue weighted by molar-refractivity contribution is 9.10. The van der Waals surface area contributed by atoms with Crippen LogP contribution >= 0.6 is 31.9 Å². The predicted octanol–water partition coefficient (Wildman–Crippen LogP) is 3.79. The van der Waals surface area contributed by atoms with Gasteiger partial charge >= 0.3 is 0 Å². The van der Waals surface area contributed by atoms with E-state index in [4.69, 9.17) is 0 Å². The maximum atomic E-state index is 13.1. The quantitative estimate of drug-likeness (QED) is 0.687. The molecule has 0 unspecified atom stereocenters. The van der Waals surface area contributed by atoms with E-state index in [2.05, 4.69) is 31.9 Å². The molecule has 0 aliphatic rings. The topological polar surface area (TPSA) is 0 Å². The minimum Gasteiger partial charge on any atom is -0.206 e. The standard InChI is InChI=1S/C8H7Br2F/c1-5-2-7(10)3-6(4-9)8(5)11/h2-3H,4H2,1H3. The number of benzene rings is 1. The highest BCUT2D eigenvalue weighted by Gasteiger charge is 2.04. The molecule has 0 aliphatic carbocycles. The van der Waals surface area contributed by atoms with Crippen molar-refractivity contribution in [3.05, 3.63) is 33.5 Å². The summed E-state index contributed by atoms with van der Waals surface area (Å²) in [6.45, 7) is 1.76. The zero-order valence-corrected chi connectivity index (χ0v) is 9.17. The van der Waals surface area contributed by atoms with E-state index < -0.39 is 0 Å². The van der Waals surface area contributed by atoms with Gasteiger partial charge in [-0.1, -0.05) is 31.9 Å². The molecule has 0 nitrogen and oxygen atoms in total. The van der Waals surface area contributed by atoms with E-state index in [0.29, 0.717) is 16.5 Å². The largest absolute Gasteiger partial charge is 0.206 e. The average Bonchev–Trinajstić information content (AvgIpc) is 1.96. The monoisotopic (exact) mass is 280 g/mol. The van der Waals surface area contributed by atoms with Crippen LogP contribution in [0.2, 0.25) is 0 Å². The van der Waals surface area contributed by atoms with Gasteiger partial charge in [-0.3, -0.25) is 0 Å². The molecule has 0 saturated heterocycles. The van der Waals surface area contributed by atoms with Crippen molar-refractivity contribution < 1.29 is 4.39 Å². The molecule has 0 saturated carbocycles. The molecule has 11 heavy (non-hydrogen) atoms. The summed E-state index contributed by atoms with van der Waals surface area (Å²) in [7, 11) is 0. The Labute approximate surface area is 82.1 Å². The lowest BCUT2D eigenvalue weighted by Gasteiger charge is -2.02. The Hall–Kier alpha value is 0.110. The number of alkyl halides is 1. The summed E-state index contributed by atoms with van der Waals surface area (Å²) in [4.78, 5) is 0. The number of halogens is 3. The van der Waals surface area contributed by atoms with Crippen LogP contribution in [0, 0.1) is 12.7 Å². The summed E-state index contributed by atoms with van der Waals surface area (Å²) >= 11 is 6.52. The Kier molecular flexibility index (Phi) is 3.07. The van der Waals surface area contributed by atoms with Crippen LogP contribution in [0.1, 0.15) is 11.1 Å². The first-order chi connectivity index (χ1) is 5.15. The van der Waals surface area contributed by atoms with Crippen LogP contribution in [0.25, 0.3) is 0 Å². The van der Waals surface area contributed by atoms with Gasteiger partial charge in [0.25, 0.3) is 0 Å². The summed E-state index contributed by atoms with van der Waals surface area (Å²) < 4.78 is 14.1. The van der Waals surface area contributed by atoms with Gasteiger partial charge in [-0.15, -0.1) is 0 Å². The van der Waals surface area contributed by atoms with Gasteiger partial charge in [0.1, 0.15) is 5.82 Å². The molecule has 0 heterocycles. The first-order valence-electron chi connectivity index (χ1n) is 3.15. The third-order valence-corrected chi connectivity index (χ3v) is 2.50. The molecule has 0 N–H and O–H groups in total. The molecule has 0 aliphatic heterocycles. The van der Waals surface area contributed by atoms with E-state index in [-0.39, 0.29) is 5.82 Å². The van der Waals surface area contributed by atoms with E-state index in [1.165, 1.54) is 0 Å². The minimum absolute atomic E-state index is 0.120. The van der Waals surface area contributed by atoms with Crippen LogP contribution in [0.5, 0.6) is 0 Å². The zero-order valence-electron chi connectivity index (χ0n) is 6.00. The second kappa shape index (κ2) is 3.68. The molecule has 0 fully saturated rings. The van der Waals surface area contributed by atoms with E-state index in [9.17, 15) is 4.39 Å². The van der Waals surface area contributed by atoms with Gasteiger partial charge in [0.15, 0.2) is 0 Å². The van der Waals surface area contributed by atoms with Crippen LogP contribution in [0.15, 0.2) is 16.6 Å². The van der Waals surface area contributed by atoms with Gasteiger partial charge in [0.2, 0.25) is 0 Å². The Morgan fingerprint density at radius 1 is 1.45 bits per heavy atom. The minimum atomic E-state index is -0.120. The van der Waals surface area contributed by atoms with E-state index >= 15 is 0 Å². The summed E-state index contributed by atoms with van der Waals surface area (Å²) in [5, 5.41) is 0.555. The first-order valence-corrected chi connectivity index (χ1v) is 5.07. The number of hydrogen-bond acceptors (Lipinski definition) is 0. The second-order valence-corrected chi connectivity index (χ2v) is 3.81. The summed E-state index contributed by atoms with van der Waals surface area (Å²) in [5.41, 5.74) is 1.37. The van der Waals surface area contributed by atoms with Crippen LogP contribution in [-0.2, 0) is 5.33 Å². The van der Waals surface area contributed by atoms with Crippen molar-refractivity contribution in [1.82, 2.24) is 0 Å². The van der Waals surface area contributed by atoms with Crippen molar-refractivity contribution >= 4 is 31.9 Å². The second-order valence-electron chi connectivity index (χ2n) is 2.33. The molecule has 1 rings (SSSR count). The van der Waals surface area contributed by atoms with Gasteiger partial charge < -0.3 is 0 Å². The number of aryl methyl sites for hydroxylation is 1. The SMILES string of the molecule is Cc1cc(Br)cc(CBr)c1F. The molecule has 0 radical (unpaired) electrons. The fraction of sp³-hybridized carbons (Fsp3) is 0.250. The summed E-state index contributed by atoms with van der Waals surface area (Å²) in [6.07, 6.45) is 0. The Balaban J connectivity index is 3.24. The molecular weight excluding hydrogens is 275 g/mol. The lowest BCUT2D eigenvalue weighted by atomic mass is 10.1. The Morgan fingerprint density at radius 3 is 2.64 bits per heavy atom. The third-order valence-electron chi connectivity index (χ3n) is 1.44. The van der Waals surface area contributed by atoms with Crippen LogP contribution in [0.4, 0.5) is 4.39 Å². The van der Waals surface area contributed by atoms with Crippen molar-refractivity contribution in [2.75, 3.05) is 0 Å². The van der Waals surface area contributed by atoms with Crippen molar-refractivity contribution in [1.29, 1.82) is 0 Å². The molecule has 0 bridgehead atoms. The van der Waals surface area contributed by atoms with E-state index in [1.54, 1.807) is 19.1 Å². The molecule has 0 spiro atoms. The smallest absolute Gasteiger partial charge is 0.130 e. The van der Waals surface area contributed by atoms with Crippen LogP contribution < -0.4 is 0 Å². The van der Waals surface area contributed by atoms with Crippen LogP contribution in [0.3, 0.4) is 0 Å². The molecule has 1 aromatic carbocycles. The molecular formula is C8H7Br2F. The van der Waals surface area contributed by atoms with Gasteiger partial charge in [0.05, 0.1) is 0 Å². The number of hydrogen-bond donors (Lipinski definition) is 0. The maximum absolute atomic E-state index is 13.1. The highest BCUT2D eigenvalue weighted by atomic mass is 79.9. The van der Waals surface area contributed by atoms with E-state index in [1.807, 2.05) is 0 Å². The van der Waals surface area contributed by atoms with Crippen molar-refractivity contribution in [3.63, 3.8) is 0 Å². The van der Waals surface area contributed by atoms with Crippen molar-refractivity contribution in [2.45, 2.75) is 12.3 Å². The maximum Gasteiger partial charge on any atom is 0.130 e. The molecule has 0 aromatic heterocycles. The Morgan fingerprint density at radius 2 is 2.09 bits per heavy atom. The molecule has 3 heteroatoms. The van der Waals surface area contributed by atoms with E-state index in [0.717, 1.165) is 4.47 Å². The highest BCUT2D eigenvalue weighted by Crippen LogP contribution is 2.21. The Bertz CT molecular complexity index is 271. The fourth-order valence-corrected chi connectivity index (χ4v) is 1.92. The summed E-state index contributed by atoms with van der Waals surface area (Å²) in [6, 6.07) is 3.54. The average molecular weight is 282 g/mol. The molecule has 1 aromatic rings. The van der Waals surface area contributed by atoms with Crippen molar-refractivity contribution in [2.24, 2.45) is 0 Å².